The van der Waals surface area contributed by atoms with Gasteiger partial charge in [-0.25, -0.2) is 0 Å². The van der Waals surface area contributed by atoms with Crippen LogP contribution in [0.25, 0.3) is 0 Å². The lowest BCUT2D eigenvalue weighted by Crippen LogP contribution is -2.41. The van der Waals surface area contributed by atoms with Crippen LogP contribution in [0, 0.1) is 5.92 Å². The molecule has 162 valence electrons. The van der Waals surface area contributed by atoms with E-state index in [1.807, 2.05) is 6.07 Å². The van der Waals surface area contributed by atoms with Crippen molar-refractivity contribution in [2.24, 2.45) is 5.92 Å². The number of Topliss-reactive ketones (excluding diaryl/α,β-unsaturated/α-hetero) is 1. The highest BCUT2D eigenvalue weighted by Gasteiger charge is 2.45. The van der Waals surface area contributed by atoms with Gasteiger partial charge in [-0.05, 0) is 32.8 Å². The van der Waals surface area contributed by atoms with Gasteiger partial charge in [0.15, 0.2) is 17.3 Å². The third-order valence-corrected chi connectivity index (χ3v) is 5.46. The van der Waals surface area contributed by atoms with Gasteiger partial charge in [0.25, 0.3) is 0 Å². The number of hydrogen-bond donors (Lipinski definition) is 1. The summed E-state index contributed by atoms with van der Waals surface area (Å²) < 4.78 is 22.1. The first-order chi connectivity index (χ1) is 14.3. The minimum Gasteiger partial charge on any atom is -0.493 e. The zero-order valence-corrected chi connectivity index (χ0v) is 18.2. The van der Waals surface area contributed by atoms with Gasteiger partial charge in [0.05, 0.1) is 27.4 Å². The Labute approximate surface area is 177 Å². The van der Waals surface area contributed by atoms with Crippen LogP contribution in [0.15, 0.2) is 35.7 Å². The van der Waals surface area contributed by atoms with Gasteiger partial charge in [0.2, 0.25) is 5.75 Å². The summed E-state index contributed by atoms with van der Waals surface area (Å²) in [6.45, 7) is 7.68. The van der Waals surface area contributed by atoms with Gasteiger partial charge in [0.1, 0.15) is 5.92 Å². The van der Waals surface area contributed by atoms with Crippen molar-refractivity contribution in [3.05, 3.63) is 41.2 Å². The lowest BCUT2D eigenvalue weighted by atomic mass is 9.71. The monoisotopic (exact) mass is 415 g/mol. The second-order valence-electron chi connectivity index (χ2n) is 7.68. The van der Waals surface area contributed by atoms with E-state index < -0.39 is 17.8 Å². The van der Waals surface area contributed by atoms with Gasteiger partial charge in [-0.15, -0.1) is 0 Å². The number of ether oxygens (including phenoxy) is 4. The van der Waals surface area contributed by atoms with E-state index in [4.69, 9.17) is 18.9 Å². The van der Waals surface area contributed by atoms with Crippen LogP contribution in [0.2, 0.25) is 0 Å². The maximum atomic E-state index is 13.1. The number of esters is 1. The smallest absolute Gasteiger partial charge is 0.316 e. The van der Waals surface area contributed by atoms with E-state index in [1.165, 1.54) is 21.3 Å². The van der Waals surface area contributed by atoms with Gasteiger partial charge >= 0.3 is 5.97 Å². The lowest BCUT2D eigenvalue weighted by Gasteiger charge is -2.39. The summed E-state index contributed by atoms with van der Waals surface area (Å²) in [5, 5.41) is 3.21. The molecule has 2 aliphatic rings. The lowest BCUT2D eigenvalue weighted by molar-refractivity contribution is -0.151. The Morgan fingerprint density at radius 1 is 1.10 bits per heavy atom. The van der Waals surface area contributed by atoms with Crippen LogP contribution in [-0.4, -0.2) is 39.2 Å². The topological polar surface area (TPSA) is 83.1 Å². The number of benzene rings is 1. The molecule has 1 aromatic carbocycles. The molecule has 7 heteroatoms. The van der Waals surface area contributed by atoms with Crippen LogP contribution in [0.3, 0.4) is 0 Å². The number of carbonyl (C=O) groups is 2. The fourth-order valence-electron chi connectivity index (χ4n) is 4.28. The molecule has 2 atom stereocenters. The molecule has 1 aliphatic carbocycles. The molecule has 0 radical (unpaired) electrons. The average molecular weight is 415 g/mol. The molecule has 3 rings (SSSR count). The number of methoxy groups -OCH3 is 3. The van der Waals surface area contributed by atoms with Crippen molar-refractivity contribution in [3.8, 4) is 17.2 Å². The molecule has 0 saturated heterocycles. The minimum absolute atomic E-state index is 0.0143. The van der Waals surface area contributed by atoms with Crippen LogP contribution in [0.1, 0.15) is 44.6 Å². The van der Waals surface area contributed by atoms with E-state index in [1.54, 1.807) is 19.9 Å². The van der Waals surface area contributed by atoms with Crippen molar-refractivity contribution in [2.75, 3.05) is 21.3 Å². The Hall–Kier alpha value is -2.96. The third kappa shape index (κ3) is 3.76. The molecule has 0 saturated carbocycles. The number of allylic oxidation sites excluding steroid dienone is 2. The summed E-state index contributed by atoms with van der Waals surface area (Å²) in [7, 11) is 4.58. The zero-order chi connectivity index (χ0) is 22.0. The first-order valence-electron chi connectivity index (χ1n) is 10.0. The molecule has 1 N–H and O–H groups in total. The molecule has 7 nitrogen and oxygen atoms in total. The Kier molecular flexibility index (Phi) is 6.39. The van der Waals surface area contributed by atoms with Crippen LogP contribution in [0.5, 0.6) is 17.2 Å². The predicted octanol–water partition coefficient (Wildman–Crippen LogP) is 3.49. The standard InChI is InChI=1S/C23H29NO6/c1-12(2)30-23(26)18-13(3)24-15-8-7-9-16(25)20(15)19(18)14-10-11-17(27-4)22(29-6)21(14)28-5/h10-12,18-19,24H,3,7-9H2,1-2,4-6H3. The van der Waals surface area contributed by atoms with E-state index in [0.717, 1.165) is 18.5 Å². The Morgan fingerprint density at radius 2 is 1.80 bits per heavy atom. The molecule has 0 amide bonds. The minimum atomic E-state index is -0.778. The van der Waals surface area contributed by atoms with Crippen LogP contribution < -0.4 is 19.5 Å². The molecule has 0 spiro atoms. The van der Waals surface area contributed by atoms with Gasteiger partial charge in [-0.2, -0.15) is 0 Å². The highest BCUT2D eigenvalue weighted by Crippen LogP contribution is 2.51. The van der Waals surface area contributed by atoms with E-state index in [0.29, 0.717) is 40.5 Å². The number of nitrogens with one attached hydrogen (secondary N) is 1. The molecule has 1 heterocycles. The van der Waals surface area contributed by atoms with Crippen LogP contribution in [0.4, 0.5) is 0 Å². The molecule has 1 aromatic rings. The largest absolute Gasteiger partial charge is 0.493 e. The quantitative estimate of drug-likeness (QED) is 0.712. The molecular formula is C23H29NO6. The highest BCUT2D eigenvalue weighted by molar-refractivity contribution is 6.00. The maximum absolute atomic E-state index is 13.1. The first-order valence-corrected chi connectivity index (χ1v) is 10.0. The normalized spacial score (nSPS) is 21.1. The summed E-state index contributed by atoms with van der Waals surface area (Å²) in [6.07, 6.45) is 1.62. The molecule has 0 bridgehead atoms. The number of hydrogen-bond acceptors (Lipinski definition) is 7. The summed E-state index contributed by atoms with van der Waals surface area (Å²) >= 11 is 0. The predicted molar refractivity (Wildman–Crippen MR) is 112 cm³/mol. The van der Waals surface area contributed by atoms with Crippen molar-refractivity contribution in [2.45, 2.75) is 45.1 Å². The van der Waals surface area contributed by atoms with Crippen molar-refractivity contribution < 1.29 is 28.5 Å². The summed E-state index contributed by atoms with van der Waals surface area (Å²) in [4.78, 5) is 26.1. The second-order valence-corrected chi connectivity index (χ2v) is 7.68. The first kappa shape index (κ1) is 21.7. The number of carbonyl (C=O) groups excluding carboxylic acids is 2. The van der Waals surface area contributed by atoms with Crippen molar-refractivity contribution >= 4 is 11.8 Å². The van der Waals surface area contributed by atoms with E-state index in [2.05, 4.69) is 11.9 Å². The van der Waals surface area contributed by atoms with Crippen LogP contribution in [-0.2, 0) is 14.3 Å². The molecule has 30 heavy (non-hydrogen) atoms. The van der Waals surface area contributed by atoms with Gasteiger partial charge < -0.3 is 24.3 Å². The SMILES string of the molecule is C=C1NC2=C(C(=O)CCC2)C(c2ccc(OC)c(OC)c2OC)C1C(=O)OC(C)C. The van der Waals surface area contributed by atoms with E-state index in [-0.39, 0.29) is 11.9 Å². The molecule has 0 fully saturated rings. The average Bonchev–Trinajstić information content (AvgIpc) is 2.70. The zero-order valence-electron chi connectivity index (χ0n) is 18.2. The van der Waals surface area contributed by atoms with Crippen molar-refractivity contribution in [1.29, 1.82) is 0 Å². The fraction of sp³-hybridized carbons (Fsp3) is 0.478. The molecule has 0 aromatic heterocycles. The van der Waals surface area contributed by atoms with Gasteiger partial charge in [0, 0.05) is 34.9 Å². The van der Waals surface area contributed by atoms with Gasteiger partial charge in [-0.1, -0.05) is 12.6 Å². The number of rotatable bonds is 6. The van der Waals surface area contributed by atoms with E-state index in [9.17, 15) is 9.59 Å². The van der Waals surface area contributed by atoms with Crippen molar-refractivity contribution in [3.63, 3.8) is 0 Å². The number of ketones is 1. The Balaban J connectivity index is 2.26. The summed E-state index contributed by atoms with van der Waals surface area (Å²) in [5.74, 6) is -0.471. The fourth-order valence-corrected chi connectivity index (χ4v) is 4.28. The highest BCUT2D eigenvalue weighted by atomic mass is 16.5. The second kappa shape index (κ2) is 8.81. The van der Waals surface area contributed by atoms with E-state index >= 15 is 0 Å². The molecular weight excluding hydrogens is 386 g/mol. The molecule has 2 unspecified atom stereocenters. The Bertz CT molecular complexity index is 901. The Morgan fingerprint density at radius 3 is 2.40 bits per heavy atom. The van der Waals surface area contributed by atoms with Gasteiger partial charge in [-0.3, -0.25) is 9.59 Å². The molecule has 1 aliphatic heterocycles. The van der Waals surface area contributed by atoms with Crippen molar-refractivity contribution in [1.82, 2.24) is 5.32 Å². The maximum Gasteiger partial charge on any atom is 0.316 e. The van der Waals surface area contributed by atoms with Crippen LogP contribution >= 0.6 is 0 Å². The summed E-state index contributed by atoms with van der Waals surface area (Å²) in [6, 6.07) is 3.56. The third-order valence-electron chi connectivity index (χ3n) is 5.46. The summed E-state index contributed by atoms with van der Waals surface area (Å²) in [5.41, 5.74) is 2.57.